The Kier molecular flexibility index (Phi) is 26.4. The van der Waals surface area contributed by atoms with Crippen LogP contribution in [-0.4, -0.2) is 142 Å². The van der Waals surface area contributed by atoms with Crippen molar-refractivity contribution >= 4 is 61.6 Å². The smallest absolute Gasteiger partial charge is 0.544 e. The molecule has 0 aliphatic rings. The van der Waals surface area contributed by atoms with Crippen molar-refractivity contribution in [1.82, 2.24) is 0 Å². The van der Waals surface area contributed by atoms with E-state index in [1.54, 1.807) is 12.2 Å². The van der Waals surface area contributed by atoms with Gasteiger partial charge in [0.25, 0.3) is 0 Å². The van der Waals surface area contributed by atoms with Crippen LogP contribution >= 0.6 is 0 Å². The molecule has 0 aliphatic carbocycles. The molecule has 0 saturated carbocycles. The van der Waals surface area contributed by atoms with E-state index in [2.05, 4.69) is 13.8 Å². The van der Waals surface area contributed by atoms with E-state index in [0.717, 1.165) is 51.4 Å². The zero-order chi connectivity index (χ0) is 32.9. The van der Waals surface area contributed by atoms with Crippen LogP contribution in [-0.2, 0) is 19.2 Å². The van der Waals surface area contributed by atoms with Crippen LogP contribution in [0.2, 0.25) is 0 Å². The third-order valence-electron chi connectivity index (χ3n) is 8.18. The number of rotatable bonds is 22. The second-order valence-corrected chi connectivity index (χ2v) is 10.8. The van der Waals surface area contributed by atoms with Gasteiger partial charge in [-0.3, -0.25) is 8.97 Å². The Labute approximate surface area is 286 Å². The van der Waals surface area contributed by atoms with Gasteiger partial charge in [-0.05, 0) is 65.5 Å². The quantitative estimate of drug-likeness (QED) is 0.0427. The number of aliphatic hydroxyl groups is 2. The maximum atomic E-state index is 11.2. The number of carboxylic acids is 4. The normalized spacial score (nSPS) is 16.9. The summed E-state index contributed by atoms with van der Waals surface area (Å²) >= 11 is 0. The summed E-state index contributed by atoms with van der Waals surface area (Å²) in [5.41, 5.74) is 0. The van der Waals surface area contributed by atoms with Crippen molar-refractivity contribution in [3.8, 4) is 0 Å². The van der Waals surface area contributed by atoms with E-state index in [1.165, 1.54) is 27.7 Å². The molecule has 0 aromatic rings. The largest absolute Gasteiger partial charge is 2.00 e. The van der Waals surface area contributed by atoms with Crippen molar-refractivity contribution in [3.63, 3.8) is 0 Å². The minimum atomic E-state index is -1.36. The molecule has 0 heterocycles. The first kappa shape index (κ1) is 45.9. The minimum Gasteiger partial charge on any atom is -0.544 e. The SMILES string of the molecule is CCCCC/C=C/C[N+](CO)(C(C)C(=O)[O-])C(C)C(=O)O.CCCCC/C=C/C[N+](CO)(C(C)C(=O)[O-])C(C)C(=O)O.[Ca+2]. The van der Waals surface area contributed by atoms with E-state index in [4.69, 9.17) is 0 Å². The van der Waals surface area contributed by atoms with Crippen LogP contribution in [0.3, 0.4) is 0 Å². The van der Waals surface area contributed by atoms with E-state index in [1.807, 2.05) is 12.2 Å². The third kappa shape index (κ3) is 15.3. The number of quaternary nitrogens is 2. The molecular weight excluding hydrogens is 588 g/mol. The third-order valence-corrected chi connectivity index (χ3v) is 8.18. The maximum absolute atomic E-state index is 11.2. The van der Waals surface area contributed by atoms with Crippen LogP contribution in [0.5, 0.6) is 0 Å². The standard InChI is InChI=1S/2C15H27NO5.Ca/c2*1-4-5-6-7-8-9-10-16(11-17,12(2)14(18)19)13(3)15(20)21;/h2*8-9,12-13,17H,4-7,10-11H2,1-3H3,(H-,18,19,20,21);/q;;+2/b2*9-8+;. The fraction of sp³-hybridized carbons (Fsp3) is 0.733. The number of carbonyl (C=O) groups is 4. The Morgan fingerprint density at radius 3 is 1.12 bits per heavy atom. The van der Waals surface area contributed by atoms with E-state index < -0.39 is 70.5 Å². The molecule has 0 amide bonds. The molecule has 6 unspecified atom stereocenters. The average molecular weight is 643 g/mol. The summed E-state index contributed by atoms with van der Waals surface area (Å²) in [5.74, 6) is -5.01. The Bertz CT molecular complexity index is 771. The summed E-state index contributed by atoms with van der Waals surface area (Å²) in [4.78, 5) is 44.8. The number of carbonyl (C=O) groups excluding carboxylic acids is 2. The van der Waals surface area contributed by atoms with Crippen LogP contribution in [0.25, 0.3) is 0 Å². The van der Waals surface area contributed by atoms with E-state index in [0.29, 0.717) is 0 Å². The first-order valence-corrected chi connectivity index (χ1v) is 14.8. The molecule has 0 fully saturated rings. The van der Waals surface area contributed by atoms with Crippen LogP contribution in [0.4, 0.5) is 0 Å². The Morgan fingerprint density at radius 1 is 0.605 bits per heavy atom. The van der Waals surface area contributed by atoms with Gasteiger partial charge in [-0.2, -0.15) is 0 Å². The topological polar surface area (TPSA) is 195 Å². The molecule has 0 aromatic heterocycles. The number of aliphatic hydroxyl groups excluding tert-OH is 2. The molecule has 0 rings (SSSR count). The van der Waals surface area contributed by atoms with Crippen molar-refractivity contribution in [2.75, 3.05) is 26.6 Å². The molecule has 0 bridgehead atoms. The molecule has 0 aliphatic heterocycles. The number of aliphatic carboxylic acids is 4. The van der Waals surface area contributed by atoms with E-state index in [-0.39, 0.29) is 50.8 Å². The molecule has 0 spiro atoms. The molecule has 13 heteroatoms. The fourth-order valence-corrected chi connectivity index (χ4v) is 4.57. The second-order valence-electron chi connectivity index (χ2n) is 10.8. The molecule has 4 N–H and O–H groups in total. The fourth-order valence-electron chi connectivity index (χ4n) is 4.57. The molecule has 43 heavy (non-hydrogen) atoms. The summed E-state index contributed by atoms with van der Waals surface area (Å²) in [7, 11) is 0. The predicted octanol–water partition coefficient (Wildman–Crippen LogP) is 0.621. The van der Waals surface area contributed by atoms with Crippen LogP contribution in [0.15, 0.2) is 24.3 Å². The molecular formula is C30H54CaN2O10+2. The van der Waals surface area contributed by atoms with Gasteiger partial charge in [0.2, 0.25) is 0 Å². The van der Waals surface area contributed by atoms with Gasteiger partial charge >= 0.3 is 49.7 Å². The van der Waals surface area contributed by atoms with E-state index >= 15 is 0 Å². The van der Waals surface area contributed by atoms with Gasteiger partial charge in [0.05, 0.1) is 11.9 Å². The summed E-state index contributed by atoms with van der Waals surface area (Å²) in [6.45, 7) is 8.92. The Balaban J connectivity index is -0.000000727. The zero-order valence-corrected chi connectivity index (χ0v) is 29.2. The first-order chi connectivity index (χ1) is 19.7. The second kappa shape index (κ2) is 24.7. The number of nitrogens with zero attached hydrogens (tertiary/aromatic N) is 2. The first-order valence-electron chi connectivity index (χ1n) is 14.8. The van der Waals surface area contributed by atoms with Crippen molar-refractivity contribution in [1.29, 1.82) is 0 Å². The zero-order valence-electron chi connectivity index (χ0n) is 26.9. The van der Waals surface area contributed by atoms with Gasteiger partial charge in [0.1, 0.15) is 25.2 Å². The van der Waals surface area contributed by atoms with Gasteiger partial charge in [0.15, 0.2) is 25.5 Å². The van der Waals surface area contributed by atoms with Crippen molar-refractivity contribution < 1.29 is 58.8 Å². The van der Waals surface area contributed by atoms with Crippen molar-refractivity contribution in [2.24, 2.45) is 0 Å². The van der Waals surface area contributed by atoms with Gasteiger partial charge in [-0.15, -0.1) is 0 Å². The monoisotopic (exact) mass is 642 g/mol. The van der Waals surface area contributed by atoms with Crippen LogP contribution < -0.4 is 10.2 Å². The number of unbranched alkanes of at least 4 members (excludes halogenated alkanes) is 6. The van der Waals surface area contributed by atoms with Gasteiger partial charge in [-0.25, -0.2) is 9.59 Å². The molecule has 6 atom stereocenters. The van der Waals surface area contributed by atoms with Crippen LogP contribution in [0, 0.1) is 0 Å². The average Bonchev–Trinajstić information content (AvgIpc) is 2.95. The number of carboxylic acid groups (broad SMARTS) is 4. The molecule has 0 radical (unpaired) electrons. The van der Waals surface area contributed by atoms with Gasteiger partial charge in [-0.1, -0.05) is 51.7 Å². The molecule has 0 saturated heterocycles. The predicted molar refractivity (Wildman–Crippen MR) is 160 cm³/mol. The molecule has 0 aromatic carbocycles. The summed E-state index contributed by atoms with van der Waals surface area (Å²) in [6.07, 6.45) is 15.6. The number of hydrogen-bond acceptors (Lipinski definition) is 8. The Morgan fingerprint density at radius 2 is 0.907 bits per heavy atom. The van der Waals surface area contributed by atoms with Crippen LogP contribution in [0.1, 0.15) is 92.9 Å². The summed E-state index contributed by atoms with van der Waals surface area (Å²) < 4.78 is -0.941. The maximum Gasteiger partial charge on any atom is 2.00 e. The number of hydrogen-bond donors (Lipinski definition) is 4. The Hall–Kier alpha value is -1.54. The minimum absolute atomic E-state index is 0. The van der Waals surface area contributed by atoms with Crippen molar-refractivity contribution in [2.45, 2.75) is 117 Å². The molecule has 244 valence electrons. The summed E-state index contributed by atoms with van der Waals surface area (Å²) in [6, 6.07) is -4.30. The van der Waals surface area contributed by atoms with E-state index in [9.17, 15) is 49.8 Å². The number of allylic oxidation sites excluding steroid dienone is 2. The summed E-state index contributed by atoms with van der Waals surface area (Å²) in [5, 5.41) is 60.0. The molecule has 12 nitrogen and oxygen atoms in total. The van der Waals surface area contributed by atoms with Crippen molar-refractivity contribution in [3.05, 3.63) is 24.3 Å². The van der Waals surface area contributed by atoms with Gasteiger partial charge < -0.3 is 40.2 Å². The van der Waals surface area contributed by atoms with Gasteiger partial charge in [0, 0.05) is 0 Å².